The van der Waals surface area contributed by atoms with Crippen LogP contribution in [0, 0.1) is 0 Å². The van der Waals surface area contributed by atoms with Crippen molar-refractivity contribution in [3.05, 3.63) is 29.8 Å². The van der Waals surface area contributed by atoms with Crippen LogP contribution in [-0.2, 0) is 0 Å². The second-order valence-corrected chi connectivity index (χ2v) is 5.37. The standard InChI is InChI=1S/C15H20F3NO2/c16-15(17,18)21-13-7-5-11(6-8-13)14(20)10-12-4-2-1-3-9-19-12/h5-8,12,14,19-20H,1-4,9-10H2. The summed E-state index contributed by atoms with van der Waals surface area (Å²) in [5.41, 5.74) is 0.607. The molecule has 3 nitrogen and oxygen atoms in total. The fraction of sp³-hybridized carbons (Fsp3) is 0.600. The molecule has 0 radical (unpaired) electrons. The largest absolute Gasteiger partial charge is 0.573 e. The third-order valence-corrected chi connectivity index (χ3v) is 3.67. The third-order valence-electron chi connectivity index (χ3n) is 3.67. The summed E-state index contributed by atoms with van der Waals surface area (Å²) in [5.74, 6) is -0.272. The van der Waals surface area contributed by atoms with Gasteiger partial charge in [-0.3, -0.25) is 0 Å². The zero-order valence-electron chi connectivity index (χ0n) is 11.7. The summed E-state index contributed by atoms with van der Waals surface area (Å²) in [6.45, 7) is 0.954. The van der Waals surface area contributed by atoms with Gasteiger partial charge in [0.2, 0.25) is 0 Å². The molecule has 21 heavy (non-hydrogen) atoms. The molecule has 0 aromatic heterocycles. The maximum atomic E-state index is 12.1. The second kappa shape index (κ2) is 7.13. The van der Waals surface area contributed by atoms with Gasteiger partial charge in [0.25, 0.3) is 0 Å². The Labute approximate surface area is 122 Å². The zero-order valence-corrected chi connectivity index (χ0v) is 11.7. The molecule has 1 aliphatic rings. The van der Waals surface area contributed by atoms with Gasteiger partial charge >= 0.3 is 6.36 Å². The normalized spacial score (nSPS) is 21.6. The first-order valence-electron chi connectivity index (χ1n) is 7.21. The molecule has 2 atom stereocenters. The van der Waals surface area contributed by atoms with Crippen LogP contribution in [0.15, 0.2) is 24.3 Å². The van der Waals surface area contributed by atoms with Crippen LogP contribution in [0.5, 0.6) is 5.75 Å². The summed E-state index contributed by atoms with van der Waals surface area (Å²) >= 11 is 0. The van der Waals surface area contributed by atoms with Gasteiger partial charge in [-0.05, 0) is 43.5 Å². The van der Waals surface area contributed by atoms with Crippen LogP contribution >= 0.6 is 0 Å². The summed E-state index contributed by atoms with van der Waals surface area (Å²) in [6.07, 6.45) is -0.293. The first-order valence-corrected chi connectivity index (χ1v) is 7.21. The molecule has 2 rings (SSSR count). The number of benzene rings is 1. The topological polar surface area (TPSA) is 41.5 Å². The Morgan fingerprint density at radius 3 is 2.57 bits per heavy atom. The van der Waals surface area contributed by atoms with Crippen molar-refractivity contribution in [2.75, 3.05) is 6.54 Å². The number of hydrogen-bond donors (Lipinski definition) is 2. The predicted octanol–water partition coefficient (Wildman–Crippen LogP) is 3.54. The number of ether oxygens (including phenoxy) is 1. The van der Waals surface area contributed by atoms with E-state index in [0.717, 1.165) is 25.8 Å². The molecule has 0 aliphatic carbocycles. The van der Waals surface area contributed by atoms with Crippen molar-refractivity contribution in [2.45, 2.75) is 50.6 Å². The molecule has 2 N–H and O–H groups in total. The van der Waals surface area contributed by atoms with Crippen molar-refractivity contribution in [1.82, 2.24) is 5.32 Å². The predicted molar refractivity (Wildman–Crippen MR) is 73.0 cm³/mol. The molecule has 1 aromatic carbocycles. The van der Waals surface area contributed by atoms with Gasteiger partial charge in [-0.15, -0.1) is 13.2 Å². The van der Waals surface area contributed by atoms with Crippen molar-refractivity contribution in [3.8, 4) is 5.75 Å². The van der Waals surface area contributed by atoms with Crippen LogP contribution in [0.25, 0.3) is 0 Å². The van der Waals surface area contributed by atoms with Crippen LogP contribution in [0.4, 0.5) is 13.2 Å². The van der Waals surface area contributed by atoms with Gasteiger partial charge in [0.15, 0.2) is 0 Å². The minimum absolute atomic E-state index is 0.258. The fourth-order valence-electron chi connectivity index (χ4n) is 2.60. The number of halogens is 3. The van der Waals surface area contributed by atoms with E-state index in [1.54, 1.807) is 0 Å². The Kier molecular flexibility index (Phi) is 5.47. The second-order valence-electron chi connectivity index (χ2n) is 5.37. The summed E-state index contributed by atoms with van der Waals surface area (Å²) in [6, 6.07) is 5.66. The lowest BCUT2D eigenvalue weighted by molar-refractivity contribution is -0.274. The Morgan fingerprint density at radius 2 is 1.90 bits per heavy atom. The van der Waals surface area contributed by atoms with Crippen molar-refractivity contribution in [1.29, 1.82) is 0 Å². The van der Waals surface area contributed by atoms with Gasteiger partial charge < -0.3 is 15.2 Å². The number of aliphatic hydroxyl groups excluding tert-OH is 1. The van der Waals surface area contributed by atoms with Crippen LogP contribution in [0.3, 0.4) is 0 Å². The summed E-state index contributed by atoms with van der Waals surface area (Å²) in [5, 5.41) is 13.6. The summed E-state index contributed by atoms with van der Waals surface area (Å²) in [4.78, 5) is 0. The van der Waals surface area contributed by atoms with E-state index in [9.17, 15) is 18.3 Å². The van der Waals surface area contributed by atoms with E-state index in [1.807, 2.05) is 0 Å². The Hall–Kier alpha value is -1.27. The minimum Gasteiger partial charge on any atom is -0.406 e. The molecule has 0 bridgehead atoms. The molecule has 1 saturated heterocycles. The highest BCUT2D eigenvalue weighted by Crippen LogP contribution is 2.26. The Balaban J connectivity index is 1.91. The molecule has 0 spiro atoms. The highest BCUT2D eigenvalue weighted by atomic mass is 19.4. The Morgan fingerprint density at radius 1 is 1.19 bits per heavy atom. The lowest BCUT2D eigenvalue weighted by Crippen LogP contribution is -2.29. The van der Waals surface area contributed by atoms with Gasteiger partial charge in [0.1, 0.15) is 5.75 Å². The van der Waals surface area contributed by atoms with Crippen LogP contribution in [-0.4, -0.2) is 24.1 Å². The van der Waals surface area contributed by atoms with E-state index in [-0.39, 0.29) is 11.8 Å². The summed E-state index contributed by atoms with van der Waals surface area (Å²) in [7, 11) is 0. The molecule has 2 unspecified atom stereocenters. The molecule has 0 amide bonds. The maximum Gasteiger partial charge on any atom is 0.573 e. The quantitative estimate of drug-likeness (QED) is 0.894. The molecular formula is C15H20F3NO2. The van der Waals surface area contributed by atoms with Gasteiger partial charge in [0, 0.05) is 6.04 Å². The average Bonchev–Trinajstić information content (AvgIpc) is 2.66. The summed E-state index contributed by atoms with van der Waals surface area (Å²) < 4.78 is 40.0. The van der Waals surface area contributed by atoms with Gasteiger partial charge in [-0.2, -0.15) is 0 Å². The SMILES string of the molecule is OC(CC1CCCCCN1)c1ccc(OC(F)(F)F)cc1. The average molecular weight is 303 g/mol. The molecule has 1 heterocycles. The molecule has 118 valence electrons. The van der Waals surface area contributed by atoms with E-state index in [1.165, 1.54) is 30.7 Å². The highest BCUT2D eigenvalue weighted by molar-refractivity contribution is 5.28. The molecule has 1 fully saturated rings. The third kappa shape index (κ3) is 5.55. The maximum absolute atomic E-state index is 12.1. The van der Waals surface area contributed by atoms with E-state index in [0.29, 0.717) is 12.0 Å². The molecule has 1 aromatic rings. The van der Waals surface area contributed by atoms with Gasteiger partial charge in [-0.25, -0.2) is 0 Å². The number of alkyl halides is 3. The zero-order chi connectivity index (χ0) is 15.3. The van der Waals surface area contributed by atoms with Crippen molar-refractivity contribution in [2.24, 2.45) is 0 Å². The fourth-order valence-corrected chi connectivity index (χ4v) is 2.60. The lowest BCUT2D eigenvalue weighted by atomic mass is 9.99. The molecular weight excluding hydrogens is 283 g/mol. The number of hydrogen-bond acceptors (Lipinski definition) is 3. The van der Waals surface area contributed by atoms with E-state index < -0.39 is 12.5 Å². The van der Waals surface area contributed by atoms with Gasteiger partial charge in [0.05, 0.1) is 6.10 Å². The smallest absolute Gasteiger partial charge is 0.406 e. The van der Waals surface area contributed by atoms with Crippen LogP contribution < -0.4 is 10.1 Å². The monoisotopic (exact) mass is 303 g/mol. The van der Waals surface area contributed by atoms with Crippen LogP contribution in [0.1, 0.15) is 43.8 Å². The molecule has 6 heteroatoms. The van der Waals surface area contributed by atoms with E-state index in [2.05, 4.69) is 10.1 Å². The van der Waals surface area contributed by atoms with Crippen molar-refractivity contribution in [3.63, 3.8) is 0 Å². The first kappa shape index (κ1) is 16.1. The minimum atomic E-state index is -4.69. The van der Waals surface area contributed by atoms with Crippen molar-refractivity contribution < 1.29 is 23.0 Å². The Bertz CT molecular complexity index is 426. The number of rotatable bonds is 4. The van der Waals surface area contributed by atoms with E-state index in [4.69, 9.17) is 0 Å². The van der Waals surface area contributed by atoms with Crippen molar-refractivity contribution >= 4 is 0 Å². The first-order chi connectivity index (χ1) is 9.94. The highest BCUT2D eigenvalue weighted by Gasteiger charge is 2.31. The van der Waals surface area contributed by atoms with Crippen LogP contribution in [0.2, 0.25) is 0 Å². The molecule has 0 saturated carbocycles. The lowest BCUT2D eigenvalue weighted by Gasteiger charge is -2.20. The number of aliphatic hydroxyl groups is 1. The van der Waals surface area contributed by atoms with Gasteiger partial charge in [-0.1, -0.05) is 25.0 Å². The molecule has 1 aliphatic heterocycles. The number of nitrogens with one attached hydrogen (secondary N) is 1. The van der Waals surface area contributed by atoms with E-state index >= 15 is 0 Å².